The summed E-state index contributed by atoms with van der Waals surface area (Å²) in [6.07, 6.45) is 3.11. The minimum atomic E-state index is 0.185. The first kappa shape index (κ1) is 7.89. The molecule has 0 unspecified atom stereocenters. The Labute approximate surface area is 57.9 Å². The van der Waals surface area contributed by atoms with E-state index in [0.29, 0.717) is 6.42 Å². The molecule has 0 radical (unpaired) electrons. The van der Waals surface area contributed by atoms with Crippen molar-refractivity contribution in [2.45, 2.75) is 19.8 Å². The third-order valence-electron chi connectivity index (χ3n) is 0.745. The van der Waals surface area contributed by atoms with E-state index in [1.165, 1.54) is 6.08 Å². The highest BCUT2D eigenvalue weighted by molar-refractivity contribution is 9.11. The van der Waals surface area contributed by atoms with Crippen molar-refractivity contribution in [2.24, 2.45) is 0 Å². The van der Waals surface area contributed by atoms with E-state index in [1.807, 2.05) is 6.92 Å². The fourth-order valence-electron chi connectivity index (χ4n) is 0.400. The fourth-order valence-corrected chi connectivity index (χ4v) is 0.695. The summed E-state index contributed by atoms with van der Waals surface area (Å²) in [5.41, 5.74) is 0. The van der Waals surface area contributed by atoms with Gasteiger partial charge in [-0.1, -0.05) is 22.9 Å². The molecule has 1 nitrogen and oxygen atoms in total. The van der Waals surface area contributed by atoms with E-state index in [2.05, 4.69) is 15.9 Å². The first-order valence-electron chi connectivity index (χ1n) is 2.61. The highest BCUT2D eigenvalue weighted by Crippen LogP contribution is 1.91. The summed E-state index contributed by atoms with van der Waals surface area (Å²) < 4.78 is 0. The SMILES string of the molecule is CCCC(=O)/C=C/Br. The molecule has 0 aliphatic rings. The minimum Gasteiger partial charge on any atom is -0.295 e. The number of halogens is 1. The van der Waals surface area contributed by atoms with Crippen molar-refractivity contribution in [3.05, 3.63) is 11.1 Å². The average Bonchev–Trinajstić information content (AvgIpc) is 1.68. The zero-order valence-electron chi connectivity index (χ0n) is 4.86. The molecule has 0 aliphatic carbocycles. The standard InChI is InChI=1S/C6H9BrO/c1-2-3-6(8)4-5-7/h4-5H,2-3H2,1H3/b5-4+. The van der Waals surface area contributed by atoms with Crippen LogP contribution in [0.4, 0.5) is 0 Å². The highest BCUT2D eigenvalue weighted by Gasteiger charge is 1.89. The smallest absolute Gasteiger partial charge is 0.156 e. The van der Waals surface area contributed by atoms with Gasteiger partial charge in [0.2, 0.25) is 0 Å². The zero-order chi connectivity index (χ0) is 6.41. The summed E-state index contributed by atoms with van der Waals surface area (Å²) in [6, 6.07) is 0. The maximum atomic E-state index is 10.5. The Balaban J connectivity index is 3.33. The van der Waals surface area contributed by atoms with Crippen molar-refractivity contribution >= 4 is 21.7 Å². The van der Waals surface area contributed by atoms with Gasteiger partial charge in [-0.25, -0.2) is 0 Å². The largest absolute Gasteiger partial charge is 0.295 e. The molecule has 46 valence electrons. The molecule has 0 saturated carbocycles. The Hall–Kier alpha value is -0.110. The predicted molar refractivity (Wildman–Crippen MR) is 38.0 cm³/mol. The fraction of sp³-hybridized carbons (Fsp3) is 0.500. The van der Waals surface area contributed by atoms with Gasteiger partial charge in [0, 0.05) is 6.42 Å². The Morgan fingerprint density at radius 3 is 2.75 bits per heavy atom. The van der Waals surface area contributed by atoms with Crippen molar-refractivity contribution in [2.75, 3.05) is 0 Å². The van der Waals surface area contributed by atoms with Gasteiger partial charge in [-0.15, -0.1) is 0 Å². The molecule has 8 heavy (non-hydrogen) atoms. The van der Waals surface area contributed by atoms with Gasteiger partial charge in [-0.2, -0.15) is 0 Å². The molecule has 0 atom stereocenters. The van der Waals surface area contributed by atoms with Crippen molar-refractivity contribution in [3.63, 3.8) is 0 Å². The maximum Gasteiger partial charge on any atom is 0.156 e. The van der Waals surface area contributed by atoms with Crippen molar-refractivity contribution in [3.8, 4) is 0 Å². The Morgan fingerprint density at radius 2 is 2.38 bits per heavy atom. The highest BCUT2D eigenvalue weighted by atomic mass is 79.9. The monoisotopic (exact) mass is 176 g/mol. The van der Waals surface area contributed by atoms with E-state index in [4.69, 9.17) is 0 Å². The van der Waals surface area contributed by atoms with Gasteiger partial charge in [-0.3, -0.25) is 4.79 Å². The first-order chi connectivity index (χ1) is 3.81. The molecule has 0 aliphatic heterocycles. The van der Waals surface area contributed by atoms with Crippen LogP contribution in [0.5, 0.6) is 0 Å². The first-order valence-corrected chi connectivity index (χ1v) is 3.52. The second-order valence-corrected chi connectivity index (χ2v) is 2.04. The molecular formula is C6H9BrO. The molecule has 0 bridgehead atoms. The van der Waals surface area contributed by atoms with Gasteiger partial charge in [-0.05, 0) is 17.5 Å². The van der Waals surface area contributed by atoms with Crippen LogP contribution in [0.2, 0.25) is 0 Å². The predicted octanol–water partition coefficient (Wildman–Crippen LogP) is 2.26. The van der Waals surface area contributed by atoms with Crippen molar-refractivity contribution < 1.29 is 4.79 Å². The van der Waals surface area contributed by atoms with Crippen molar-refractivity contribution in [1.82, 2.24) is 0 Å². The van der Waals surface area contributed by atoms with E-state index in [9.17, 15) is 4.79 Å². The third-order valence-corrected chi connectivity index (χ3v) is 1.01. The lowest BCUT2D eigenvalue weighted by Crippen LogP contribution is -1.88. The summed E-state index contributed by atoms with van der Waals surface area (Å²) in [7, 11) is 0. The second kappa shape index (κ2) is 5.04. The number of hydrogen-bond acceptors (Lipinski definition) is 1. The van der Waals surface area contributed by atoms with E-state index in [1.54, 1.807) is 4.99 Å². The van der Waals surface area contributed by atoms with Crippen LogP contribution in [-0.2, 0) is 4.79 Å². The van der Waals surface area contributed by atoms with E-state index >= 15 is 0 Å². The zero-order valence-corrected chi connectivity index (χ0v) is 6.44. The van der Waals surface area contributed by atoms with Gasteiger partial charge in [0.1, 0.15) is 0 Å². The minimum absolute atomic E-state index is 0.185. The van der Waals surface area contributed by atoms with Crippen LogP contribution in [0.25, 0.3) is 0 Å². The average molecular weight is 177 g/mol. The molecule has 0 fully saturated rings. The summed E-state index contributed by atoms with van der Waals surface area (Å²) >= 11 is 3.02. The summed E-state index contributed by atoms with van der Waals surface area (Å²) in [4.78, 5) is 12.1. The van der Waals surface area contributed by atoms with E-state index in [0.717, 1.165) is 6.42 Å². The molecule has 0 saturated heterocycles. The van der Waals surface area contributed by atoms with Crippen LogP contribution in [0, 0.1) is 0 Å². The molecule has 0 aromatic carbocycles. The molecule has 0 spiro atoms. The number of ketones is 1. The lowest BCUT2D eigenvalue weighted by Gasteiger charge is -1.84. The normalized spacial score (nSPS) is 10.2. The van der Waals surface area contributed by atoms with Crippen LogP contribution >= 0.6 is 15.9 Å². The van der Waals surface area contributed by atoms with Crippen LogP contribution in [0.1, 0.15) is 19.8 Å². The molecule has 0 rings (SSSR count). The molecular weight excluding hydrogens is 168 g/mol. The van der Waals surface area contributed by atoms with Gasteiger partial charge in [0.25, 0.3) is 0 Å². The Bertz CT molecular complexity index is 96.7. The number of rotatable bonds is 3. The molecule has 0 heterocycles. The van der Waals surface area contributed by atoms with Crippen LogP contribution < -0.4 is 0 Å². The lowest BCUT2D eigenvalue weighted by atomic mass is 10.2. The van der Waals surface area contributed by atoms with E-state index in [-0.39, 0.29) is 5.78 Å². The maximum absolute atomic E-state index is 10.5. The lowest BCUT2D eigenvalue weighted by molar-refractivity contribution is -0.114. The second-order valence-electron chi connectivity index (χ2n) is 1.51. The van der Waals surface area contributed by atoms with Gasteiger partial charge in [0.15, 0.2) is 5.78 Å². The summed E-state index contributed by atoms with van der Waals surface area (Å²) in [5.74, 6) is 0.185. The molecule has 0 N–H and O–H groups in total. The summed E-state index contributed by atoms with van der Waals surface area (Å²) in [5, 5.41) is 0. The number of carbonyl (C=O) groups excluding carboxylic acids is 1. The van der Waals surface area contributed by atoms with Crippen molar-refractivity contribution in [1.29, 1.82) is 0 Å². The number of allylic oxidation sites excluding steroid dienone is 1. The molecule has 2 heteroatoms. The van der Waals surface area contributed by atoms with Gasteiger partial charge in [0.05, 0.1) is 0 Å². The number of hydrogen-bond donors (Lipinski definition) is 0. The van der Waals surface area contributed by atoms with Gasteiger partial charge < -0.3 is 0 Å². The molecule has 0 aromatic rings. The van der Waals surface area contributed by atoms with E-state index < -0.39 is 0 Å². The Kier molecular flexibility index (Phi) is 4.97. The van der Waals surface area contributed by atoms with Gasteiger partial charge >= 0.3 is 0 Å². The van der Waals surface area contributed by atoms with Crippen LogP contribution in [-0.4, -0.2) is 5.78 Å². The number of carbonyl (C=O) groups is 1. The third kappa shape index (κ3) is 4.06. The summed E-state index contributed by atoms with van der Waals surface area (Å²) in [6.45, 7) is 1.99. The molecule has 0 aromatic heterocycles. The molecule has 0 amide bonds. The Morgan fingerprint density at radius 1 is 1.75 bits per heavy atom. The van der Waals surface area contributed by atoms with Crippen LogP contribution in [0.15, 0.2) is 11.1 Å². The van der Waals surface area contributed by atoms with Crippen LogP contribution in [0.3, 0.4) is 0 Å². The topological polar surface area (TPSA) is 17.1 Å². The quantitative estimate of drug-likeness (QED) is 0.604.